The van der Waals surface area contributed by atoms with Gasteiger partial charge < -0.3 is 14.6 Å². The second-order valence-electron chi connectivity index (χ2n) is 7.79. The zero-order chi connectivity index (χ0) is 21.5. The molecule has 0 saturated heterocycles. The minimum absolute atomic E-state index is 0.0600. The molecule has 0 bridgehead atoms. The van der Waals surface area contributed by atoms with Gasteiger partial charge in [0.25, 0.3) is 0 Å². The Morgan fingerprint density at radius 3 is 1.62 bits per heavy atom. The van der Waals surface area contributed by atoms with Gasteiger partial charge in [0.2, 0.25) is 0 Å². The van der Waals surface area contributed by atoms with E-state index in [1.807, 2.05) is 69.3 Å². The molecular weight excluding hydrogens is 360 g/mol. The lowest BCUT2D eigenvalue weighted by Gasteiger charge is -2.18. The Labute approximate surface area is 177 Å². The Hall–Kier alpha value is -1.94. The molecule has 2 aromatic carbocycles. The van der Waals surface area contributed by atoms with Crippen LogP contribution in [0, 0.1) is 11.8 Å². The summed E-state index contributed by atoms with van der Waals surface area (Å²) in [5.74, 6) is 0.869. The van der Waals surface area contributed by atoms with Gasteiger partial charge in [-0.1, -0.05) is 101 Å². The third-order valence-electron chi connectivity index (χ3n) is 4.55. The lowest BCUT2D eigenvalue weighted by atomic mass is 10.1. The fourth-order valence-corrected chi connectivity index (χ4v) is 2.66. The van der Waals surface area contributed by atoms with Crippen molar-refractivity contribution in [2.24, 2.45) is 11.8 Å². The van der Waals surface area contributed by atoms with Crippen LogP contribution in [0.25, 0.3) is 0 Å². The molecule has 1 N–H and O–H groups in total. The highest BCUT2D eigenvalue weighted by molar-refractivity contribution is 5.14. The van der Waals surface area contributed by atoms with E-state index in [2.05, 4.69) is 38.1 Å². The van der Waals surface area contributed by atoms with Crippen molar-refractivity contribution in [1.29, 1.82) is 0 Å². The third kappa shape index (κ3) is 11.0. The Morgan fingerprint density at radius 1 is 0.759 bits per heavy atom. The van der Waals surface area contributed by atoms with Gasteiger partial charge in [-0.15, -0.1) is 0 Å². The van der Waals surface area contributed by atoms with E-state index in [0.29, 0.717) is 25.0 Å². The topological polar surface area (TPSA) is 38.7 Å². The first-order valence-corrected chi connectivity index (χ1v) is 10.5. The summed E-state index contributed by atoms with van der Waals surface area (Å²) in [6.07, 6.45) is 4.33. The number of benzene rings is 2. The van der Waals surface area contributed by atoms with E-state index in [1.54, 1.807) is 0 Å². The van der Waals surface area contributed by atoms with E-state index in [1.165, 1.54) is 5.56 Å². The van der Waals surface area contributed by atoms with Gasteiger partial charge in [0.05, 0.1) is 32.0 Å². The zero-order valence-electron chi connectivity index (χ0n) is 18.6. The summed E-state index contributed by atoms with van der Waals surface area (Å²) < 4.78 is 11.4. The van der Waals surface area contributed by atoms with Crippen molar-refractivity contribution >= 4 is 0 Å². The predicted molar refractivity (Wildman–Crippen MR) is 122 cm³/mol. The van der Waals surface area contributed by atoms with Crippen molar-refractivity contribution in [2.45, 2.75) is 60.0 Å². The van der Waals surface area contributed by atoms with Crippen LogP contribution in [-0.2, 0) is 22.7 Å². The third-order valence-corrected chi connectivity index (χ3v) is 4.55. The number of ether oxygens (including phenoxy) is 2. The first kappa shape index (κ1) is 25.1. The van der Waals surface area contributed by atoms with Crippen LogP contribution in [0.4, 0.5) is 0 Å². The summed E-state index contributed by atoms with van der Waals surface area (Å²) in [4.78, 5) is 0. The maximum Gasteiger partial charge on any atom is 0.0833 e. The van der Waals surface area contributed by atoms with Crippen LogP contribution in [0.5, 0.6) is 0 Å². The summed E-state index contributed by atoms with van der Waals surface area (Å²) >= 11 is 0. The molecule has 0 aliphatic carbocycles. The number of aliphatic hydroxyl groups is 1. The van der Waals surface area contributed by atoms with Gasteiger partial charge >= 0.3 is 0 Å². The highest BCUT2D eigenvalue weighted by Gasteiger charge is 2.12. The van der Waals surface area contributed by atoms with Crippen molar-refractivity contribution in [2.75, 3.05) is 6.61 Å². The fourth-order valence-electron chi connectivity index (χ4n) is 2.66. The van der Waals surface area contributed by atoms with E-state index < -0.39 is 0 Å². The van der Waals surface area contributed by atoms with Crippen LogP contribution in [0.3, 0.4) is 0 Å². The van der Waals surface area contributed by atoms with Crippen LogP contribution in [0.2, 0.25) is 0 Å². The average Bonchev–Trinajstić information content (AvgIpc) is 2.73. The molecule has 0 heterocycles. The minimum Gasteiger partial charge on any atom is -0.394 e. The lowest BCUT2D eigenvalue weighted by molar-refractivity contribution is -0.0240. The number of hydrogen-bond donors (Lipinski definition) is 1. The predicted octanol–water partition coefficient (Wildman–Crippen LogP) is 6.02. The summed E-state index contributed by atoms with van der Waals surface area (Å²) in [5.41, 5.74) is 2.37. The summed E-state index contributed by atoms with van der Waals surface area (Å²) in [7, 11) is 0. The van der Waals surface area contributed by atoms with E-state index in [9.17, 15) is 0 Å². The highest BCUT2D eigenvalue weighted by Crippen LogP contribution is 2.12. The second kappa shape index (κ2) is 15.0. The molecule has 2 atom stereocenters. The van der Waals surface area contributed by atoms with E-state index in [4.69, 9.17) is 14.6 Å². The Kier molecular flexibility index (Phi) is 13.0. The molecule has 0 saturated carbocycles. The van der Waals surface area contributed by atoms with Crippen molar-refractivity contribution in [3.63, 3.8) is 0 Å². The molecular formula is C26H38O3. The SMILES string of the molecule is CC(C)[C@@H](CO)OCc1ccccc1.CC=C[C@@H](OCc1ccccc1)C(C)C. The molecule has 3 heteroatoms. The van der Waals surface area contributed by atoms with Crippen LogP contribution < -0.4 is 0 Å². The van der Waals surface area contributed by atoms with Crippen LogP contribution in [0.1, 0.15) is 45.7 Å². The Bertz CT molecular complexity index is 650. The van der Waals surface area contributed by atoms with Crippen molar-refractivity contribution < 1.29 is 14.6 Å². The molecule has 29 heavy (non-hydrogen) atoms. The van der Waals surface area contributed by atoms with Crippen LogP contribution in [0.15, 0.2) is 72.8 Å². The van der Waals surface area contributed by atoms with Gasteiger partial charge in [0.1, 0.15) is 0 Å². The van der Waals surface area contributed by atoms with Crippen molar-refractivity contribution in [3.05, 3.63) is 83.9 Å². The molecule has 160 valence electrons. The monoisotopic (exact) mass is 398 g/mol. The molecule has 0 aliphatic rings. The van der Waals surface area contributed by atoms with Crippen molar-refractivity contribution in [3.8, 4) is 0 Å². The van der Waals surface area contributed by atoms with E-state index in [-0.39, 0.29) is 18.8 Å². The summed E-state index contributed by atoms with van der Waals surface area (Å²) in [6.45, 7) is 11.8. The second-order valence-corrected chi connectivity index (χ2v) is 7.79. The molecule has 2 rings (SSSR count). The van der Waals surface area contributed by atoms with Crippen LogP contribution in [-0.4, -0.2) is 23.9 Å². The molecule has 0 fully saturated rings. The zero-order valence-corrected chi connectivity index (χ0v) is 18.6. The molecule has 0 radical (unpaired) electrons. The van der Waals surface area contributed by atoms with Gasteiger partial charge in [0.15, 0.2) is 0 Å². The Balaban J connectivity index is 0.000000291. The smallest absolute Gasteiger partial charge is 0.0833 e. The minimum atomic E-state index is -0.0600. The maximum absolute atomic E-state index is 9.05. The van der Waals surface area contributed by atoms with Gasteiger partial charge in [-0.25, -0.2) is 0 Å². The van der Waals surface area contributed by atoms with E-state index in [0.717, 1.165) is 5.56 Å². The number of hydrogen-bond acceptors (Lipinski definition) is 3. The van der Waals surface area contributed by atoms with Gasteiger partial charge in [0, 0.05) is 0 Å². The first-order valence-electron chi connectivity index (χ1n) is 10.5. The molecule has 0 unspecified atom stereocenters. The Morgan fingerprint density at radius 2 is 1.24 bits per heavy atom. The molecule has 0 spiro atoms. The first-order chi connectivity index (χ1) is 14.0. The molecule has 0 aliphatic heterocycles. The van der Waals surface area contributed by atoms with Gasteiger partial charge in [-0.05, 0) is 29.9 Å². The lowest BCUT2D eigenvalue weighted by Crippen LogP contribution is -2.23. The number of aliphatic hydroxyl groups excluding tert-OH is 1. The van der Waals surface area contributed by atoms with Gasteiger partial charge in [-0.2, -0.15) is 0 Å². The van der Waals surface area contributed by atoms with E-state index >= 15 is 0 Å². The van der Waals surface area contributed by atoms with Crippen LogP contribution >= 0.6 is 0 Å². The number of allylic oxidation sites excluding steroid dienone is 1. The quantitative estimate of drug-likeness (QED) is 0.497. The average molecular weight is 399 g/mol. The number of rotatable bonds is 10. The molecule has 2 aromatic rings. The molecule has 0 amide bonds. The van der Waals surface area contributed by atoms with Crippen molar-refractivity contribution in [1.82, 2.24) is 0 Å². The molecule has 0 aromatic heterocycles. The molecule has 3 nitrogen and oxygen atoms in total. The maximum atomic E-state index is 9.05. The summed E-state index contributed by atoms with van der Waals surface area (Å²) in [6, 6.07) is 20.3. The summed E-state index contributed by atoms with van der Waals surface area (Å²) in [5, 5.41) is 9.05. The largest absolute Gasteiger partial charge is 0.394 e. The standard InChI is InChI=1S/C14H20O.C12H18O2/c1-4-8-14(12(2)3)15-11-13-9-6-5-7-10-13;1-10(2)12(8-13)14-9-11-6-4-3-5-7-11/h4-10,12,14H,11H2,1-3H3;3-7,10,12-13H,8-9H2,1-2H3/t14-;12-/m11/s1. The highest BCUT2D eigenvalue weighted by atomic mass is 16.5. The fraction of sp³-hybridized carbons (Fsp3) is 0.462. The van der Waals surface area contributed by atoms with Gasteiger partial charge in [-0.3, -0.25) is 0 Å². The normalized spacial score (nSPS) is 13.4.